The zero-order chi connectivity index (χ0) is 19.5. The van der Waals surface area contributed by atoms with Gasteiger partial charge in [0.2, 0.25) is 5.91 Å². The summed E-state index contributed by atoms with van der Waals surface area (Å²) in [4.78, 5) is 21.1. The van der Waals surface area contributed by atoms with Gasteiger partial charge in [-0.25, -0.2) is 4.98 Å². The Balaban J connectivity index is 1.35. The average molecular weight is 396 g/mol. The SMILES string of the molecule is C[C@@H](Cn1cnc2ccccc21)C(=O)NCc1noc(-c2ccc(Cl)cc2)n1. The normalized spacial score (nSPS) is 12.2. The first-order valence-electron chi connectivity index (χ1n) is 8.86. The summed E-state index contributed by atoms with van der Waals surface area (Å²) in [5.41, 5.74) is 2.69. The molecule has 1 amide bonds. The molecule has 0 spiro atoms. The fourth-order valence-corrected chi connectivity index (χ4v) is 3.04. The van der Waals surface area contributed by atoms with Crippen molar-refractivity contribution < 1.29 is 9.32 Å². The number of nitrogens with zero attached hydrogens (tertiary/aromatic N) is 4. The number of benzene rings is 2. The Kier molecular flexibility index (Phi) is 5.08. The molecule has 4 rings (SSSR count). The molecule has 0 saturated carbocycles. The fraction of sp³-hybridized carbons (Fsp3) is 0.200. The van der Waals surface area contributed by atoms with E-state index in [1.165, 1.54) is 0 Å². The molecule has 0 bridgehead atoms. The van der Waals surface area contributed by atoms with Crippen LogP contribution in [0.1, 0.15) is 12.7 Å². The number of rotatable bonds is 6. The lowest BCUT2D eigenvalue weighted by Gasteiger charge is -2.12. The Morgan fingerprint density at radius 3 is 2.82 bits per heavy atom. The van der Waals surface area contributed by atoms with Crippen molar-refractivity contribution in [2.24, 2.45) is 5.92 Å². The maximum absolute atomic E-state index is 12.4. The molecule has 7 nitrogen and oxygen atoms in total. The minimum atomic E-state index is -0.236. The Morgan fingerprint density at radius 2 is 2.00 bits per heavy atom. The number of aromatic nitrogens is 4. The summed E-state index contributed by atoms with van der Waals surface area (Å²) in [5, 5.41) is 7.40. The first-order valence-corrected chi connectivity index (χ1v) is 9.24. The van der Waals surface area contributed by atoms with Crippen molar-refractivity contribution in [1.82, 2.24) is 25.0 Å². The number of hydrogen-bond acceptors (Lipinski definition) is 5. The molecular formula is C20H18ClN5O2. The maximum atomic E-state index is 12.4. The fourth-order valence-electron chi connectivity index (χ4n) is 2.91. The van der Waals surface area contributed by atoms with Gasteiger partial charge in [0.1, 0.15) is 0 Å². The van der Waals surface area contributed by atoms with E-state index in [0.717, 1.165) is 16.6 Å². The van der Waals surface area contributed by atoms with Crippen LogP contribution >= 0.6 is 11.6 Å². The number of para-hydroxylation sites is 2. The number of nitrogens with one attached hydrogen (secondary N) is 1. The van der Waals surface area contributed by atoms with Gasteiger partial charge >= 0.3 is 0 Å². The Labute approximate surface area is 166 Å². The van der Waals surface area contributed by atoms with E-state index >= 15 is 0 Å². The Bertz CT molecular complexity index is 1100. The van der Waals surface area contributed by atoms with E-state index in [1.807, 2.05) is 35.8 Å². The van der Waals surface area contributed by atoms with Crippen LogP contribution in [-0.4, -0.2) is 25.6 Å². The van der Waals surface area contributed by atoms with Gasteiger partial charge in [0.25, 0.3) is 5.89 Å². The highest BCUT2D eigenvalue weighted by molar-refractivity contribution is 6.30. The summed E-state index contributed by atoms with van der Waals surface area (Å²) in [6.07, 6.45) is 1.76. The van der Waals surface area contributed by atoms with Crippen LogP contribution in [0.4, 0.5) is 0 Å². The van der Waals surface area contributed by atoms with Gasteiger partial charge in [0.15, 0.2) is 5.82 Å². The van der Waals surface area contributed by atoms with Gasteiger partial charge in [-0.15, -0.1) is 0 Å². The summed E-state index contributed by atoms with van der Waals surface area (Å²) in [7, 11) is 0. The predicted molar refractivity (Wildman–Crippen MR) is 105 cm³/mol. The van der Waals surface area contributed by atoms with Crippen LogP contribution in [-0.2, 0) is 17.9 Å². The van der Waals surface area contributed by atoms with Crippen molar-refractivity contribution >= 4 is 28.5 Å². The number of carbonyl (C=O) groups is 1. The Morgan fingerprint density at radius 1 is 1.21 bits per heavy atom. The van der Waals surface area contributed by atoms with Crippen molar-refractivity contribution in [2.45, 2.75) is 20.0 Å². The number of carbonyl (C=O) groups excluding carboxylic acids is 1. The molecule has 2 aromatic heterocycles. The van der Waals surface area contributed by atoms with Crippen LogP contribution in [0.3, 0.4) is 0 Å². The van der Waals surface area contributed by atoms with E-state index < -0.39 is 0 Å². The molecule has 0 fully saturated rings. The van der Waals surface area contributed by atoms with Crippen LogP contribution in [0.2, 0.25) is 5.02 Å². The van der Waals surface area contributed by atoms with Gasteiger partial charge in [0.05, 0.1) is 29.8 Å². The number of halogens is 1. The largest absolute Gasteiger partial charge is 0.348 e. The highest BCUT2D eigenvalue weighted by atomic mass is 35.5. The molecular weight excluding hydrogens is 378 g/mol. The summed E-state index contributed by atoms with van der Waals surface area (Å²) in [6.45, 7) is 2.61. The van der Waals surface area contributed by atoms with E-state index in [1.54, 1.807) is 30.6 Å². The zero-order valence-electron chi connectivity index (χ0n) is 15.2. The van der Waals surface area contributed by atoms with Crippen molar-refractivity contribution in [3.8, 4) is 11.5 Å². The summed E-state index contributed by atoms with van der Waals surface area (Å²) >= 11 is 5.88. The summed E-state index contributed by atoms with van der Waals surface area (Å²) in [6, 6.07) is 15.0. The maximum Gasteiger partial charge on any atom is 0.257 e. The molecule has 0 radical (unpaired) electrons. The van der Waals surface area contributed by atoms with Gasteiger partial charge in [-0.3, -0.25) is 4.79 Å². The van der Waals surface area contributed by atoms with Crippen LogP contribution in [0, 0.1) is 5.92 Å². The van der Waals surface area contributed by atoms with Gasteiger partial charge in [-0.2, -0.15) is 4.98 Å². The Hall–Kier alpha value is -3.19. The van der Waals surface area contributed by atoms with E-state index in [-0.39, 0.29) is 18.4 Å². The lowest BCUT2D eigenvalue weighted by molar-refractivity contribution is -0.125. The van der Waals surface area contributed by atoms with Crippen molar-refractivity contribution in [3.63, 3.8) is 0 Å². The molecule has 0 aliphatic carbocycles. The smallest absolute Gasteiger partial charge is 0.257 e. The van der Waals surface area contributed by atoms with Crippen LogP contribution in [0.25, 0.3) is 22.5 Å². The molecule has 0 saturated heterocycles. The van der Waals surface area contributed by atoms with Crippen LogP contribution in [0.5, 0.6) is 0 Å². The topological polar surface area (TPSA) is 85.8 Å². The monoisotopic (exact) mass is 395 g/mol. The first-order chi connectivity index (χ1) is 13.6. The number of fused-ring (bicyclic) bond motifs is 1. The quantitative estimate of drug-likeness (QED) is 0.538. The van der Waals surface area contributed by atoms with Crippen LogP contribution in [0.15, 0.2) is 59.4 Å². The third-order valence-electron chi connectivity index (χ3n) is 4.43. The third kappa shape index (κ3) is 3.89. The lowest BCUT2D eigenvalue weighted by Crippen LogP contribution is -2.31. The second-order valence-corrected chi connectivity index (χ2v) is 6.96. The molecule has 0 aliphatic rings. The zero-order valence-corrected chi connectivity index (χ0v) is 15.9. The molecule has 2 aromatic carbocycles. The van der Waals surface area contributed by atoms with E-state index in [9.17, 15) is 4.79 Å². The highest BCUT2D eigenvalue weighted by Crippen LogP contribution is 2.19. The second kappa shape index (κ2) is 7.82. The third-order valence-corrected chi connectivity index (χ3v) is 4.68. The molecule has 2 heterocycles. The molecule has 1 N–H and O–H groups in total. The van der Waals surface area contributed by atoms with Crippen molar-refractivity contribution in [3.05, 3.63) is 65.7 Å². The van der Waals surface area contributed by atoms with Crippen molar-refractivity contribution in [2.75, 3.05) is 0 Å². The number of imidazole rings is 1. The van der Waals surface area contributed by atoms with E-state index in [4.69, 9.17) is 16.1 Å². The molecule has 0 aliphatic heterocycles. The minimum Gasteiger partial charge on any atom is -0.348 e. The van der Waals surface area contributed by atoms with Gasteiger partial charge in [-0.05, 0) is 36.4 Å². The number of amides is 1. The van der Waals surface area contributed by atoms with Gasteiger partial charge in [0, 0.05) is 17.1 Å². The molecule has 142 valence electrons. The summed E-state index contributed by atoms with van der Waals surface area (Å²) in [5.74, 6) is 0.480. The van der Waals surface area contributed by atoms with E-state index in [0.29, 0.717) is 23.3 Å². The first kappa shape index (κ1) is 18.2. The molecule has 28 heavy (non-hydrogen) atoms. The predicted octanol–water partition coefficient (Wildman–Crippen LogP) is 3.69. The molecule has 1 atom stereocenters. The van der Waals surface area contributed by atoms with Crippen LogP contribution < -0.4 is 5.32 Å². The van der Waals surface area contributed by atoms with Gasteiger partial charge in [-0.1, -0.05) is 35.8 Å². The second-order valence-electron chi connectivity index (χ2n) is 6.53. The summed E-state index contributed by atoms with van der Waals surface area (Å²) < 4.78 is 7.23. The number of hydrogen-bond donors (Lipinski definition) is 1. The lowest BCUT2D eigenvalue weighted by atomic mass is 10.1. The molecule has 0 unspecified atom stereocenters. The average Bonchev–Trinajstić information content (AvgIpc) is 3.34. The van der Waals surface area contributed by atoms with Gasteiger partial charge < -0.3 is 14.4 Å². The minimum absolute atomic E-state index is 0.0874. The standard InChI is InChI=1S/C20H18ClN5O2/c1-13(11-26-12-23-16-4-2-3-5-17(16)26)19(27)22-10-18-24-20(28-25-18)14-6-8-15(21)9-7-14/h2-9,12-13H,10-11H2,1H3,(H,22,27)/t13-/m0/s1. The highest BCUT2D eigenvalue weighted by Gasteiger charge is 2.16. The molecule has 8 heteroatoms. The van der Waals surface area contributed by atoms with E-state index in [2.05, 4.69) is 20.4 Å². The molecule has 4 aromatic rings. The van der Waals surface area contributed by atoms with Crippen molar-refractivity contribution in [1.29, 1.82) is 0 Å².